The Morgan fingerprint density at radius 2 is 1.92 bits per heavy atom. The second kappa shape index (κ2) is 3.76. The van der Waals surface area contributed by atoms with E-state index in [9.17, 15) is 13.3 Å². The van der Waals surface area contributed by atoms with Crippen LogP contribution in [0.15, 0.2) is 0 Å². The zero-order valence-corrected chi connectivity index (χ0v) is 6.92. The first-order valence-electron chi connectivity index (χ1n) is 3.02. The van der Waals surface area contributed by atoms with Gasteiger partial charge in [0.25, 0.3) is 0 Å². The molecule has 0 rings (SSSR count). The molecule has 0 aliphatic rings. The molecule has 0 saturated heterocycles. The minimum atomic E-state index is -5.48. The van der Waals surface area contributed by atoms with Crippen LogP contribution < -0.4 is 5.73 Å². The molecule has 0 saturated carbocycles. The molecule has 0 heterocycles. The van der Waals surface area contributed by atoms with Crippen LogP contribution in [0.5, 0.6) is 0 Å². The normalized spacial score (nSPS) is 16.2. The molecule has 5 N–H and O–H groups in total. The van der Waals surface area contributed by atoms with E-state index in [1.807, 2.05) is 0 Å². The van der Waals surface area contributed by atoms with E-state index in [2.05, 4.69) is 0 Å². The molecule has 0 aromatic rings. The molecule has 0 spiro atoms. The van der Waals surface area contributed by atoms with Crippen LogP contribution in [0.1, 0.15) is 6.42 Å². The van der Waals surface area contributed by atoms with Gasteiger partial charge in [-0.1, -0.05) is 0 Å². The third-order valence-corrected chi connectivity index (χ3v) is 2.21. The van der Waals surface area contributed by atoms with Crippen molar-refractivity contribution in [2.24, 2.45) is 5.73 Å². The van der Waals surface area contributed by atoms with Gasteiger partial charge in [-0.3, -0.25) is 4.57 Å². The average Bonchev–Trinajstić information content (AvgIpc) is 1.84. The quantitative estimate of drug-likeness (QED) is 0.462. The fourth-order valence-electron chi connectivity index (χ4n) is 0.486. The Balaban J connectivity index is 4.33. The predicted octanol–water partition coefficient (Wildman–Crippen LogP) is -0.533. The van der Waals surface area contributed by atoms with Gasteiger partial charge in [0, 0.05) is 6.54 Å². The standard InChI is InChI=1S/C4H10F2NO4P/c5-4(6,12(9,10)11)1-3(8)2-7/h3,8H,1-2,7H2,(H2,9,10,11). The molecule has 1 unspecified atom stereocenters. The summed E-state index contributed by atoms with van der Waals surface area (Å²) in [6, 6.07) is 0. The Bertz CT molecular complexity index is 193. The number of alkyl halides is 2. The second-order valence-corrected chi connectivity index (χ2v) is 4.05. The Kier molecular flexibility index (Phi) is 3.74. The lowest BCUT2D eigenvalue weighted by molar-refractivity contribution is 0.00743. The van der Waals surface area contributed by atoms with Gasteiger partial charge >= 0.3 is 13.3 Å². The predicted molar refractivity (Wildman–Crippen MR) is 36.7 cm³/mol. The fourth-order valence-corrected chi connectivity index (χ4v) is 0.934. The molecule has 0 aliphatic heterocycles. The summed E-state index contributed by atoms with van der Waals surface area (Å²) in [5.74, 6) is 0. The summed E-state index contributed by atoms with van der Waals surface area (Å²) in [7, 11) is -5.48. The maximum Gasteiger partial charge on any atom is 0.394 e. The molecule has 0 aromatic carbocycles. The van der Waals surface area contributed by atoms with E-state index in [1.54, 1.807) is 0 Å². The molecule has 0 bridgehead atoms. The first kappa shape index (κ1) is 11.9. The summed E-state index contributed by atoms with van der Waals surface area (Å²) in [4.78, 5) is 16.2. The van der Waals surface area contributed by atoms with Crippen molar-refractivity contribution in [3.8, 4) is 0 Å². The highest BCUT2D eigenvalue weighted by atomic mass is 31.2. The molecule has 1 atom stereocenters. The molecule has 12 heavy (non-hydrogen) atoms. The van der Waals surface area contributed by atoms with E-state index in [1.165, 1.54) is 0 Å². The largest absolute Gasteiger partial charge is 0.394 e. The van der Waals surface area contributed by atoms with Gasteiger partial charge in [0.05, 0.1) is 12.5 Å². The van der Waals surface area contributed by atoms with Crippen LogP contribution in [-0.4, -0.2) is 33.2 Å². The van der Waals surface area contributed by atoms with Gasteiger partial charge in [-0.2, -0.15) is 8.78 Å². The highest BCUT2D eigenvalue weighted by Gasteiger charge is 2.49. The highest BCUT2D eigenvalue weighted by molar-refractivity contribution is 7.53. The monoisotopic (exact) mass is 205 g/mol. The number of aliphatic hydroxyl groups is 1. The Morgan fingerprint density at radius 3 is 2.17 bits per heavy atom. The number of nitrogens with two attached hydrogens (primary N) is 1. The Morgan fingerprint density at radius 1 is 1.50 bits per heavy atom. The van der Waals surface area contributed by atoms with Crippen molar-refractivity contribution < 1.29 is 28.2 Å². The lowest BCUT2D eigenvalue weighted by Crippen LogP contribution is -2.29. The van der Waals surface area contributed by atoms with Gasteiger partial charge in [0.2, 0.25) is 0 Å². The van der Waals surface area contributed by atoms with Gasteiger partial charge in [-0.25, -0.2) is 0 Å². The molecule has 5 nitrogen and oxygen atoms in total. The third-order valence-electron chi connectivity index (χ3n) is 1.18. The van der Waals surface area contributed by atoms with Crippen LogP contribution >= 0.6 is 7.60 Å². The molecule has 0 aliphatic carbocycles. The molecule has 0 aromatic heterocycles. The Labute approximate surface area is 67.4 Å². The van der Waals surface area contributed by atoms with E-state index in [0.717, 1.165) is 0 Å². The minimum absolute atomic E-state index is 0.463. The van der Waals surface area contributed by atoms with Crippen molar-refractivity contribution >= 4 is 7.60 Å². The first-order chi connectivity index (χ1) is 5.20. The SMILES string of the molecule is NCC(O)CC(F)(F)P(=O)(O)O. The summed E-state index contributed by atoms with van der Waals surface area (Å²) in [5, 5.41) is 8.61. The van der Waals surface area contributed by atoms with Crippen LogP contribution in [0.4, 0.5) is 8.78 Å². The van der Waals surface area contributed by atoms with Crippen molar-refractivity contribution in [2.45, 2.75) is 18.2 Å². The smallest absolute Gasteiger partial charge is 0.392 e. The minimum Gasteiger partial charge on any atom is -0.392 e. The average molecular weight is 205 g/mol. The lowest BCUT2D eigenvalue weighted by Gasteiger charge is -2.19. The summed E-state index contributed by atoms with van der Waals surface area (Å²) >= 11 is 0. The summed E-state index contributed by atoms with van der Waals surface area (Å²) in [5.41, 5.74) is 0.584. The van der Waals surface area contributed by atoms with Crippen molar-refractivity contribution in [1.82, 2.24) is 0 Å². The topological polar surface area (TPSA) is 104 Å². The molecular weight excluding hydrogens is 195 g/mol. The maximum atomic E-state index is 12.4. The zero-order valence-electron chi connectivity index (χ0n) is 6.02. The molecule has 0 radical (unpaired) electrons. The van der Waals surface area contributed by atoms with E-state index >= 15 is 0 Å². The molecule has 0 amide bonds. The molecule has 74 valence electrons. The maximum absolute atomic E-state index is 12.4. The van der Waals surface area contributed by atoms with Crippen LogP contribution in [0.2, 0.25) is 0 Å². The van der Waals surface area contributed by atoms with Crippen LogP contribution in [0.3, 0.4) is 0 Å². The van der Waals surface area contributed by atoms with Gasteiger partial charge in [-0.05, 0) is 0 Å². The van der Waals surface area contributed by atoms with Gasteiger partial charge in [-0.15, -0.1) is 0 Å². The van der Waals surface area contributed by atoms with Crippen molar-refractivity contribution in [1.29, 1.82) is 0 Å². The fraction of sp³-hybridized carbons (Fsp3) is 1.00. The number of hydrogen-bond donors (Lipinski definition) is 4. The van der Waals surface area contributed by atoms with Crippen LogP contribution in [-0.2, 0) is 4.57 Å². The van der Waals surface area contributed by atoms with Crippen LogP contribution in [0.25, 0.3) is 0 Å². The highest BCUT2D eigenvalue weighted by Crippen LogP contribution is 2.54. The second-order valence-electron chi connectivity index (χ2n) is 2.30. The van der Waals surface area contributed by atoms with Gasteiger partial charge in [0.15, 0.2) is 0 Å². The van der Waals surface area contributed by atoms with Crippen molar-refractivity contribution in [3.63, 3.8) is 0 Å². The number of hydrogen-bond acceptors (Lipinski definition) is 3. The third kappa shape index (κ3) is 3.12. The first-order valence-corrected chi connectivity index (χ1v) is 4.63. The van der Waals surface area contributed by atoms with E-state index < -0.39 is 32.3 Å². The van der Waals surface area contributed by atoms with Gasteiger partial charge in [0.1, 0.15) is 0 Å². The number of aliphatic hydroxyl groups excluding tert-OH is 1. The molecule has 0 fully saturated rings. The summed E-state index contributed by atoms with van der Waals surface area (Å²) in [6.07, 6.45) is -2.93. The summed E-state index contributed by atoms with van der Waals surface area (Å²) < 4.78 is 34.9. The van der Waals surface area contributed by atoms with E-state index in [0.29, 0.717) is 0 Å². The summed E-state index contributed by atoms with van der Waals surface area (Å²) in [6.45, 7) is -0.463. The number of rotatable bonds is 4. The zero-order chi connectivity index (χ0) is 9.99. The lowest BCUT2D eigenvalue weighted by atomic mass is 10.3. The molecule has 8 heteroatoms. The molecular formula is C4H10F2NO4P. The number of halogens is 2. The van der Waals surface area contributed by atoms with Crippen LogP contribution in [0, 0.1) is 0 Å². The van der Waals surface area contributed by atoms with E-state index in [4.69, 9.17) is 20.6 Å². The van der Waals surface area contributed by atoms with E-state index in [-0.39, 0.29) is 0 Å². The van der Waals surface area contributed by atoms with Crippen molar-refractivity contribution in [2.75, 3.05) is 6.54 Å². The Hall–Kier alpha value is -0.0700. The van der Waals surface area contributed by atoms with Gasteiger partial charge < -0.3 is 20.6 Å². The van der Waals surface area contributed by atoms with Crippen molar-refractivity contribution in [3.05, 3.63) is 0 Å².